The van der Waals surface area contributed by atoms with E-state index in [0.29, 0.717) is 29.3 Å². The number of carbonyl (C=O) groups excluding carboxylic acids is 2. The van der Waals surface area contributed by atoms with Gasteiger partial charge in [-0.3, -0.25) is 19.5 Å². The monoisotopic (exact) mass is 427 g/mol. The summed E-state index contributed by atoms with van der Waals surface area (Å²) in [6.07, 6.45) is 1.65. The minimum Gasteiger partial charge on any atom is -0.492 e. The van der Waals surface area contributed by atoms with E-state index in [1.54, 1.807) is 18.3 Å². The fraction of sp³-hybridized carbons (Fsp3) is 0.192. The first kappa shape index (κ1) is 21.3. The lowest BCUT2D eigenvalue weighted by atomic mass is 9.97. The van der Waals surface area contributed by atoms with Gasteiger partial charge in [-0.1, -0.05) is 42.0 Å². The highest BCUT2D eigenvalue weighted by Crippen LogP contribution is 2.35. The van der Waals surface area contributed by atoms with Crippen LogP contribution in [0.2, 0.25) is 0 Å². The lowest BCUT2D eigenvalue weighted by Gasteiger charge is -2.15. The Balaban J connectivity index is 1.80. The maximum atomic E-state index is 13.5. The Morgan fingerprint density at radius 2 is 1.75 bits per heavy atom. The Hall–Kier alpha value is -3.93. The molecule has 6 heteroatoms. The Morgan fingerprint density at radius 3 is 2.47 bits per heavy atom. The number of hydrogen-bond acceptors (Lipinski definition) is 5. The number of ether oxygens (including phenoxy) is 1. The van der Waals surface area contributed by atoms with Crippen molar-refractivity contribution >= 4 is 23.1 Å². The first-order valence-corrected chi connectivity index (χ1v) is 10.6. The lowest BCUT2D eigenvalue weighted by Crippen LogP contribution is -2.32. The SMILES string of the molecule is CCOc1ccccc1NC1=C(c2ccc(C)cc2C)C(=O)N(Cc2ccccn2)C1=O. The van der Waals surface area contributed by atoms with Gasteiger partial charge in [-0.15, -0.1) is 0 Å². The minimum absolute atomic E-state index is 0.102. The number of imide groups is 1. The summed E-state index contributed by atoms with van der Waals surface area (Å²) in [6.45, 7) is 6.43. The number of amides is 2. The van der Waals surface area contributed by atoms with Gasteiger partial charge in [0.2, 0.25) is 0 Å². The minimum atomic E-state index is -0.387. The van der Waals surface area contributed by atoms with E-state index in [2.05, 4.69) is 10.3 Å². The van der Waals surface area contributed by atoms with Crippen LogP contribution in [-0.2, 0) is 16.1 Å². The van der Waals surface area contributed by atoms with Crippen molar-refractivity contribution in [2.45, 2.75) is 27.3 Å². The number of rotatable bonds is 7. The maximum absolute atomic E-state index is 13.5. The van der Waals surface area contributed by atoms with Gasteiger partial charge in [0.15, 0.2) is 0 Å². The molecule has 2 heterocycles. The second-order valence-corrected chi connectivity index (χ2v) is 7.64. The molecule has 6 nitrogen and oxygen atoms in total. The molecule has 0 fully saturated rings. The summed E-state index contributed by atoms with van der Waals surface area (Å²) in [5.41, 5.74) is 4.62. The van der Waals surface area contributed by atoms with E-state index in [4.69, 9.17) is 4.74 Å². The van der Waals surface area contributed by atoms with E-state index in [1.807, 2.05) is 69.3 Å². The van der Waals surface area contributed by atoms with Crippen molar-refractivity contribution in [1.29, 1.82) is 0 Å². The fourth-order valence-electron chi connectivity index (χ4n) is 3.82. The van der Waals surface area contributed by atoms with Crippen LogP contribution in [0.4, 0.5) is 5.69 Å². The van der Waals surface area contributed by atoms with Crippen LogP contribution in [0.5, 0.6) is 5.75 Å². The zero-order chi connectivity index (χ0) is 22.7. The van der Waals surface area contributed by atoms with Crippen molar-refractivity contribution in [1.82, 2.24) is 9.88 Å². The van der Waals surface area contributed by atoms with Crippen molar-refractivity contribution in [2.24, 2.45) is 0 Å². The number of nitrogens with zero attached hydrogens (tertiary/aromatic N) is 2. The largest absolute Gasteiger partial charge is 0.492 e. The van der Waals surface area contributed by atoms with Gasteiger partial charge in [0.05, 0.1) is 30.1 Å². The first-order chi connectivity index (χ1) is 15.5. The normalized spacial score (nSPS) is 13.7. The third-order valence-electron chi connectivity index (χ3n) is 5.31. The highest BCUT2D eigenvalue weighted by Gasteiger charge is 2.40. The second kappa shape index (κ2) is 9.06. The van der Waals surface area contributed by atoms with E-state index in [1.165, 1.54) is 4.90 Å². The number of nitrogens with one attached hydrogen (secondary N) is 1. The maximum Gasteiger partial charge on any atom is 0.278 e. The van der Waals surface area contributed by atoms with Crippen LogP contribution in [0.3, 0.4) is 0 Å². The predicted octanol–water partition coefficient (Wildman–Crippen LogP) is 4.49. The van der Waals surface area contributed by atoms with Gasteiger partial charge >= 0.3 is 0 Å². The standard InChI is InChI=1S/C26H25N3O3/c1-4-32-22-11-6-5-10-21(22)28-24-23(20-13-12-17(2)15-18(20)3)25(30)29(26(24)31)16-19-9-7-8-14-27-19/h5-15,28H,4,16H2,1-3H3. The lowest BCUT2D eigenvalue weighted by molar-refractivity contribution is -0.137. The molecule has 0 saturated heterocycles. The number of benzene rings is 2. The molecule has 0 spiro atoms. The molecular weight excluding hydrogens is 402 g/mol. The molecule has 1 aromatic heterocycles. The zero-order valence-electron chi connectivity index (χ0n) is 18.4. The quantitative estimate of drug-likeness (QED) is 0.563. The average Bonchev–Trinajstić information content (AvgIpc) is 3.00. The van der Waals surface area contributed by atoms with Gasteiger partial charge in [-0.05, 0) is 56.2 Å². The smallest absolute Gasteiger partial charge is 0.278 e. The number of para-hydroxylation sites is 2. The van der Waals surface area contributed by atoms with Crippen LogP contribution in [-0.4, -0.2) is 28.3 Å². The molecule has 162 valence electrons. The summed E-state index contributed by atoms with van der Waals surface area (Å²) in [5.74, 6) is -0.114. The van der Waals surface area contributed by atoms with Gasteiger partial charge in [-0.2, -0.15) is 0 Å². The number of carbonyl (C=O) groups is 2. The third-order valence-corrected chi connectivity index (χ3v) is 5.31. The molecule has 1 aliphatic rings. The summed E-state index contributed by atoms with van der Waals surface area (Å²) < 4.78 is 5.71. The molecule has 32 heavy (non-hydrogen) atoms. The van der Waals surface area contributed by atoms with Crippen molar-refractivity contribution < 1.29 is 14.3 Å². The third kappa shape index (κ3) is 4.12. The van der Waals surface area contributed by atoms with Crippen LogP contribution in [0.25, 0.3) is 5.57 Å². The van der Waals surface area contributed by atoms with E-state index < -0.39 is 0 Å². The molecule has 2 aromatic carbocycles. The Labute approximate surface area is 187 Å². The molecule has 4 rings (SSSR count). The molecule has 1 aliphatic heterocycles. The summed E-state index contributed by atoms with van der Waals surface area (Å²) >= 11 is 0. The highest BCUT2D eigenvalue weighted by atomic mass is 16.5. The number of hydrogen-bond donors (Lipinski definition) is 1. The molecule has 3 aromatic rings. The second-order valence-electron chi connectivity index (χ2n) is 7.64. The number of aryl methyl sites for hydroxylation is 2. The van der Waals surface area contributed by atoms with Crippen molar-refractivity contribution in [3.05, 3.63) is 94.9 Å². The van der Waals surface area contributed by atoms with Crippen LogP contribution < -0.4 is 10.1 Å². The summed E-state index contributed by atoms with van der Waals surface area (Å²) in [4.78, 5) is 32.5. The first-order valence-electron chi connectivity index (χ1n) is 10.6. The van der Waals surface area contributed by atoms with Gasteiger partial charge in [0, 0.05) is 6.20 Å². The Bertz CT molecular complexity index is 1200. The fourth-order valence-corrected chi connectivity index (χ4v) is 3.82. The molecule has 0 unspecified atom stereocenters. The van der Waals surface area contributed by atoms with Crippen molar-refractivity contribution in [2.75, 3.05) is 11.9 Å². The Morgan fingerprint density at radius 1 is 0.969 bits per heavy atom. The Kier molecular flexibility index (Phi) is 6.03. The highest BCUT2D eigenvalue weighted by molar-refractivity contribution is 6.36. The van der Waals surface area contributed by atoms with Gasteiger partial charge in [0.25, 0.3) is 11.8 Å². The van der Waals surface area contributed by atoms with E-state index in [-0.39, 0.29) is 24.1 Å². The van der Waals surface area contributed by atoms with Crippen LogP contribution in [0, 0.1) is 13.8 Å². The van der Waals surface area contributed by atoms with E-state index >= 15 is 0 Å². The molecule has 0 bridgehead atoms. The summed E-state index contributed by atoms with van der Waals surface area (Å²) in [7, 11) is 0. The molecule has 1 N–H and O–H groups in total. The average molecular weight is 428 g/mol. The van der Waals surface area contributed by atoms with Crippen LogP contribution in [0.15, 0.2) is 72.6 Å². The predicted molar refractivity (Wildman–Crippen MR) is 124 cm³/mol. The molecule has 0 aliphatic carbocycles. The molecular formula is C26H25N3O3. The number of pyridine rings is 1. The number of aromatic nitrogens is 1. The zero-order valence-corrected chi connectivity index (χ0v) is 18.4. The van der Waals surface area contributed by atoms with E-state index in [9.17, 15) is 9.59 Å². The van der Waals surface area contributed by atoms with E-state index in [0.717, 1.165) is 16.7 Å². The van der Waals surface area contributed by atoms with Crippen LogP contribution in [0.1, 0.15) is 29.3 Å². The molecule has 0 atom stereocenters. The van der Waals surface area contributed by atoms with Gasteiger partial charge < -0.3 is 10.1 Å². The molecule has 2 amide bonds. The van der Waals surface area contributed by atoms with Crippen molar-refractivity contribution in [3.63, 3.8) is 0 Å². The molecule has 0 saturated carbocycles. The topological polar surface area (TPSA) is 71.5 Å². The summed E-state index contributed by atoms with van der Waals surface area (Å²) in [5, 5.41) is 3.20. The van der Waals surface area contributed by atoms with Gasteiger partial charge in [-0.25, -0.2) is 0 Å². The van der Waals surface area contributed by atoms with Crippen LogP contribution >= 0.6 is 0 Å². The molecule has 0 radical (unpaired) electrons. The summed E-state index contributed by atoms with van der Waals surface area (Å²) in [6, 6.07) is 18.7. The van der Waals surface area contributed by atoms with Crippen molar-refractivity contribution in [3.8, 4) is 5.75 Å². The van der Waals surface area contributed by atoms with Gasteiger partial charge in [0.1, 0.15) is 11.4 Å². The number of anilines is 1.